The molecule has 0 aliphatic rings. The molecule has 0 aromatic carbocycles. The van der Waals surface area contributed by atoms with Crippen molar-refractivity contribution in [3.05, 3.63) is 29.6 Å². The number of rotatable bonds is 2. The molecule has 1 amide bonds. The van der Waals surface area contributed by atoms with Gasteiger partial charge in [0.15, 0.2) is 0 Å². The first-order valence-electron chi connectivity index (χ1n) is 3.39. The van der Waals surface area contributed by atoms with E-state index in [1.807, 2.05) is 19.1 Å². The van der Waals surface area contributed by atoms with E-state index in [0.717, 1.165) is 11.3 Å². The molecule has 0 saturated carbocycles. The SMILES string of the molecule is Cc1cccnc1CC(N)=O. The molecular formula is C8H10N2O. The molecular weight excluding hydrogens is 140 g/mol. The number of aryl methyl sites for hydroxylation is 1. The van der Waals surface area contributed by atoms with Gasteiger partial charge in [0.1, 0.15) is 0 Å². The second-order valence-corrected chi connectivity index (χ2v) is 2.41. The van der Waals surface area contributed by atoms with Crippen molar-refractivity contribution >= 4 is 5.91 Å². The normalized spacial score (nSPS) is 9.55. The van der Waals surface area contributed by atoms with Crippen LogP contribution in [0.1, 0.15) is 11.3 Å². The van der Waals surface area contributed by atoms with Crippen LogP contribution in [0.15, 0.2) is 18.3 Å². The maximum absolute atomic E-state index is 10.5. The standard InChI is InChI=1S/C8H10N2O/c1-6-3-2-4-10-7(6)5-8(9)11/h2-4H,5H2,1H3,(H2,9,11). The van der Waals surface area contributed by atoms with Gasteiger partial charge in [0.05, 0.1) is 12.1 Å². The van der Waals surface area contributed by atoms with Crippen LogP contribution < -0.4 is 5.73 Å². The Labute approximate surface area is 65.2 Å². The minimum absolute atomic E-state index is 0.229. The van der Waals surface area contributed by atoms with E-state index in [-0.39, 0.29) is 12.3 Å². The predicted octanol–water partition coefficient (Wildman–Crippen LogP) is 0.418. The molecule has 0 saturated heterocycles. The van der Waals surface area contributed by atoms with Crippen LogP contribution >= 0.6 is 0 Å². The summed E-state index contributed by atoms with van der Waals surface area (Å²) in [6.07, 6.45) is 1.89. The molecule has 0 unspecified atom stereocenters. The summed E-state index contributed by atoms with van der Waals surface area (Å²) in [4.78, 5) is 14.5. The number of amides is 1. The smallest absolute Gasteiger partial charge is 0.223 e. The summed E-state index contributed by atoms with van der Waals surface area (Å²) in [5.41, 5.74) is 6.78. The average Bonchev–Trinajstić information content (AvgIpc) is 1.93. The molecule has 2 N–H and O–H groups in total. The Balaban J connectivity index is 2.86. The van der Waals surface area contributed by atoms with Crippen LogP contribution in [-0.4, -0.2) is 10.9 Å². The molecule has 0 bridgehead atoms. The molecule has 58 valence electrons. The van der Waals surface area contributed by atoms with Crippen LogP contribution in [0.3, 0.4) is 0 Å². The zero-order valence-electron chi connectivity index (χ0n) is 6.37. The lowest BCUT2D eigenvalue weighted by molar-refractivity contribution is -0.117. The molecule has 1 heterocycles. The van der Waals surface area contributed by atoms with Crippen LogP contribution in [0.5, 0.6) is 0 Å². The van der Waals surface area contributed by atoms with E-state index in [4.69, 9.17) is 5.73 Å². The van der Waals surface area contributed by atoms with E-state index < -0.39 is 0 Å². The highest BCUT2D eigenvalue weighted by atomic mass is 16.1. The van der Waals surface area contributed by atoms with Crippen molar-refractivity contribution < 1.29 is 4.79 Å². The third kappa shape index (κ3) is 2.04. The number of pyridine rings is 1. The van der Waals surface area contributed by atoms with Gasteiger partial charge in [-0.05, 0) is 18.6 Å². The van der Waals surface area contributed by atoms with Crippen molar-refractivity contribution in [2.75, 3.05) is 0 Å². The summed E-state index contributed by atoms with van der Waals surface area (Å²) in [5.74, 6) is -0.341. The molecule has 0 atom stereocenters. The molecule has 0 fully saturated rings. The number of nitrogens with two attached hydrogens (primary N) is 1. The largest absolute Gasteiger partial charge is 0.369 e. The maximum Gasteiger partial charge on any atom is 0.223 e. The van der Waals surface area contributed by atoms with E-state index in [9.17, 15) is 4.79 Å². The molecule has 3 nitrogen and oxygen atoms in total. The predicted molar refractivity (Wildman–Crippen MR) is 41.9 cm³/mol. The quantitative estimate of drug-likeness (QED) is 0.664. The number of carbonyl (C=O) groups excluding carboxylic acids is 1. The monoisotopic (exact) mass is 150 g/mol. The number of hydrogen-bond donors (Lipinski definition) is 1. The van der Waals surface area contributed by atoms with E-state index in [1.165, 1.54) is 0 Å². The Hall–Kier alpha value is -1.38. The van der Waals surface area contributed by atoms with Crippen LogP contribution in [0.2, 0.25) is 0 Å². The van der Waals surface area contributed by atoms with Gasteiger partial charge in [-0.15, -0.1) is 0 Å². The van der Waals surface area contributed by atoms with Gasteiger partial charge in [-0.3, -0.25) is 9.78 Å². The molecule has 11 heavy (non-hydrogen) atoms. The third-order valence-electron chi connectivity index (χ3n) is 1.46. The molecule has 0 spiro atoms. The van der Waals surface area contributed by atoms with Crippen molar-refractivity contribution in [3.63, 3.8) is 0 Å². The number of hydrogen-bond acceptors (Lipinski definition) is 2. The fourth-order valence-corrected chi connectivity index (χ4v) is 0.868. The van der Waals surface area contributed by atoms with E-state index in [2.05, 4.69) is 4.98 Å². The number of aromatic nitrogens is 1. The lowest BCUT2D eigenvalue weighted by Gasteiger charge is -1.99. The molecule has 0 aliphatic carbocycles. The number of primary amides is 1. The number of nitrogens with zero attached hydrogens (tertiary/aromatic N) is 1. The van der Waals surface area contributed by atoms with Crippen LogP contribution in [0.4, 0.5) is 0 Å². The Kier molecular flexibility index (Phi) is 2.21. The van der Waals surface area contributed by atoms with Gasteiger partial charge in [-0.1, -0.05) is 6.07 Å². The van der Waals surface area contributed by atoms with Crippen molar-refractivity contribution in [2.24, 2.45) is 5.73 Å². The average molecular weight is 150 g/mol. The summed E-state index contributed by atoms with van der Waals surface area (Å²) in [7, 11) is 0. The van der Waals surface area contributed by atoms with E-state index in [1.54, 1.807) is 6.20 Å². The second kappa shape index (κ2) is 3.14. The van der Waals surface area contributed by atoms with Crippen molar-refractivity contribution in [2.45, 2.75) is 13.3 Å². The molecule has 1 aromatic heterocycles. The van der Waals surface area contributed by atoms with Gasteiger partial charge < -0.3 is 5.73 Å². The van der Waals surface area contributed by atoms with Gasteiger partial charge in [0.25, 0.3) is 0 Å². The highest BCUT2D eigenvalue weighted by Gasteiger charge is 2.01. The maximum atomic E-state index is 10.5. The highest BCUT2D eigenvalue weighted by Crippen LogP contribution is 2.02. The fraction of sp³-hybridized carbons (Fsp3) is 0.250. The Morgan fingerprint density at radius 2 is 2.45 bits per heavy atom. The minimum atomic E-state index is -0.341. The number of carbonyl (C=O) groups is 1. The molecule has 3 heteroatoms. The van der Waals surface area contributed by atoms with E-state index >= 15 is 0 Å². The topological polar surface area (TPSA) is 56.0 Å². The first kappa shape index (κ1) is 7.72. The molecule has 0 aliphatic heterocycles. The van der Waals surface area contributed by atoms with E-state index in [0.29, 0.717) is 0 Å². The Morgan fingerprint density at radius 3 is 3.00 bits per heavy atom. The zero-order valence-corrected chi connectivity index (χ0v) is 6.37. The van der Waals surface area contributed by atoms with Crippen molar-refractivity contribution in [1.29, 1.82) is 0 Å². The third-order valence-corrected chi connectivity index (χ3v) is 1.46. The first-order valence-corrected chi connectivity index (χ1v) is 3.39. The second-order valence-electron chi connectivity index (χ2n) is 2.41. The Morgan fingerprint density at radius 1 is 1.73 bits per heavy atom. The van der Waals surface area contributed by atoms with Crippen LogP contribution in [-0.2, 0) is 11.2 Å². The summed E-state index contributed by atoms with van der Waals surface area (Å²) in [6, 6.07) is 3.74. The minimum Gasteiger partial charge on any atom is -0.369 e. The van der Waals surface area contributed by atoms with Gasteiger partial charge >= 0.3 is 0 Å². The van der Waals surface area contributed by atoms with Crippen molar-refractivity contribution in [3.8, 4) is 0 Å². The van der Waals surface area contributed by atoms with Gasteiger partial charge in [-0.2, -0.15) is 0 Å². The fourth-order valence-electron chi connectivity index (χ4n) is 0.868. The lowest BCUT2D eigenvalue weighted by atomic mass is 10.1. The zero-order chi connectivity index (χ0) is 8.27. The Bertz CT molecular complexity index is 271. The van der Waals surface area contributed by atoms with Crippen LogP contribution in [0.25, 0.3) is 0 Å². The molecule has 1 rings (SSSR count). The van der Waals surface area contributed by atoms with Crippen LogP contribution in [0, 0.1) is 6.92 Å². The summed E-state index contributed by atoms with van der Waals surface area (Å²) in [5, 5.41) is 0. The van der Waals surface area contributed by atoms with Crippen molar-refractivity contribution in [1.82, 2.24) is 4.98 Å². The van der Waals surface area contributed by atoms with Gasteiger partial charge in [0.2, 0.25) is 5.91 Å². The molecule has 1 aromatic rings. The summed E-state index contributed by atoms with van der Waals surface area (Å²) < 4.78 is 0. The summed E-state index contributed by atoms with van der Waals surface area (Å²) >= 11 is 0. The van der Waals surface area contributed by atoms with Gasteiger partial charge in [-0.25, -0.2) is 0 Å². The highest BCUT2D eigenvalue weighted by molar-refractivity contribution is 5.76. The molecule has 0 radical (unpaired) electrons. The summed E-state index contributed by atoms with van der Waals surface area (Å²) in [6.45, 7) is 1.91. The lowest BCUT2D eigenvalue weighted by Crippen LogP contribution is -2.15. The van der Waals surface area contributed by atoms with Gasteiger partial charge in [0, 0.05) is 6.20 Å². The first-order chi connectivity index (χ1) is 5.20.